The van der Waals surface area contributed by atoms with Gasteiger partial charge in [-0.3, -0.25) is 4.79 Å². The predicted molar refractivity (Wildman–Crippen MR) is 90.9 cm³/mol. The molecule has 0 radical (unpaired) electrons. The van der Waals surface area contributed by atoms with E-state index in [9.17, 15) is 13.2 Å². The van der Waals surface area contributed by atoms with Gasteiger partial charge in [0, 0.05) is 32.9 Å². The Morgan fingerprint density at radius 1 is 1.09 bits per heavy atom. The Balaban J connectivity index is 2.04. The Bertz CT molecular complexity index is 618. The highest BCUT2D eigenvalue weighted by atomic mass is 32.2. The molecule has 0 aliphatic carbocycles. The van der Waals surface area contributed by atoms with Crippen molar-refractivity contribution in [2.45, 2.75) is 30.6 Å². The van der Waals surface area contributed by atoms with E-state index >= 15 is 0 Å². The minimum Gasteiger partial charge on any atom is -0.376 e. The van der Waals surface area contributed by atoms with Gasteiger partial charge in [0.25, 0.3) is 0 Å². The zero-order chi connectivity index (χ0) is 16.9. The van der Waals surface area contributed by atoms with E-state index in [2.05, 4.69) is 5.32 Å². The third kappa shape index (κ3) is 4.68. The molecule has 1 fully saturated rings. The molecule has 1 saturated heterocycles. The Morgan fingerprint density at radius 2 is 1.65 bits per heavy atom. The summed E-state index contributed by atoms with van der Waals surface area (Å²) in [4.78, 5) is 13.4. The minimum absolute atomic E-state index is 0.0359. The Kier molecular flexibility index (Phi) is 6.01. The number of nitrogens with zero attached hydrogens (tertiary/aromatic N) is 2. The van der Waals surface area contributed by atoms with Gasteiger partial charge in [-0.2, -0.15) is 4.31 Å². The van der Waals surface area contributed by atoms with Crippen LogP contribution >= 0.6 is 0 Å². The zero-order valence-corrected chi connectivity index (χ0v) is 14.6. The van der Waals surface area contributed by atoms with Gasteiger partial charge in [0.1, 0.15) is 0 Å². The fraction of sp³-hybridized carbons (Fsp3) is 0.562. The summed E-state index contributed by atoms with van der Waals surface area (Å²) in [5, 5.41) is 2.99. The maximum atomic E-state index is 12.7. The third-order valence-corrected chi connectivity index (χ3v) is 5.91. The van der Waals surface area contributed by atoms with E-state index in [0.717, 1.165) is 31.4 Å². The highest BCUT2D eigenvalue weighted by molar-refractivity contribution is 7.89. The minimum atomic E-state index is -3.42. The molecule has 1 amide bonds. The second-order valence-electron chi connectivity index (χ2n) is 5.98. The smallest absolute Gasteiger partial charge is 0.243 e. The number of carbonyl (C=O) groups excluding carboxylic acids is 1. The van der Waals surface area contributed by atoms with Crippen molar-refractivity contribution in [1.82, 2.24) is 9.21 Å². The van der Waals surface area contributed by atoms with Crippen LogP contribution in [0, 0.1) is 0 Å². The maximum Gasteiger partial charge on any atom is 0.243 e. The highest BCUT2D eigenvalue weighted by Gasteiger charge is 2.24. The lowest BCUT2D eigenvalue weighted by Crippen LogP contribution is -2.32. The molecule has 0 unspecified atom stereocenters. The molecule has 128 valence electrons. The lowest BCUT2D eigenvalue weighted by molar-refractivity contribution is -0.126. The standard InChI is InChI=1S/C16H25N3O3S/c1-18(2)16(20)13-17-14-7-9-15(10-8-14)23(21,22)19-11-5-3-4-6-12-19/h7-10,17H,3-6,11-13H2,1-2H3. The number of hydrogen-bond acceptors (Lipinski definition) is 4. The number of rotatable bonds is 5. The summed E-state index contributed by atoms with van der Waals surface area (Å²) < 4.78 is 26.9. The van der Waals surface area contributed by atoms with Crippen LogP contribution in [0.25, 0.3) is 0 Å². The summed E-state index contributed by atoms with van der Waals surface area (Å²) >= 11 is 0. The molecule has 0 aromatic heterocycles. The van der Waals surface area contributed by atoms with Gasteiger partial charge in [-0.25, -0.2) is 8.42 Å². The molecule has 23 heavy (non-hydrogen) atoms. The van der Waals surface area contributed by atoms with E-state index in [-0.39, 0.29) is 12.5 Å². The van der Waals surface area contributed by atoms with E-state index in [0.29, 0.717) is 18.0 Å². The van der Waals surface area contributed by atoms with Crippen LogP contribution in [-0.2, 0) is 14.8 Å². The van der Waals surface area contributed by atoms with E-state index < -0.39 is 10.0 Å². The van der Waals surface area contributed by atoms with E-state index in [1.807, 2.05) is 0 Å². The fourth-order valence-electron chi connectivity index (χ4n) is 2.51. The Hall–Kier alpha value is -1.60. The summed E-state index contributed by atoms with van der Waals surface area (Å²) in [5.41, 5.74) is 0.731. The first kappa shape index (κ1) is 17.7. The lowest BCUT2D eigenvalue weighted by atomic mass is 10.2. The van der Waals surface area contributed by atoms with E-state index in [1.165, 1.54) is 4.90 Å². The summed E-state index contributed by atoms with van der Waals surface area (Å²) in [7, 11) is -0.0258. The van der Waals surface area contributed by atoms with Crippen molar-refractivity contribution in [2.24, 2.45) is 0 Å². The predicted octanol–water partition coefficient (Wildman–Crippen LogP) is 1.75. The Morgan fingerprint density at radius 3 is 2.17 bits per heavy atom. The molecule has 1 aliphatic rings. The highest BCUT2D eigenvalue weighted by Crippen LogP contribution is 2.21. The average Bonchev–Trinajstić information content (AvgIpc) is 2.82. The van der Waals surface area contributed by atoms with Crippen LogP contribution < -0.4 is 5.32 Å². The summed E-state index contributed by atoms with van der Waals surface area (Å²) in [6.45, 7) is 1.38. The molecule has 0 bridgehead atoms. The molecule has 7 heteroatoms. The van der Waals surface area contributed by atoms with Gasteiger partial charge in [-0.05, 0) is 37.1 Å². The first-order chi connectivity index (χ1) is 10.9. The van der Waals surface area contributed by atoms with Gasteiger partial charge in [0.2, 0.25) is 15.9 Å². The molecule has 1 N–H and O–H groups in total. The molecule has 1 aliphatic heterocycles. The number of nitrogens with one attached hydrogen (secondary N) is 1. The molecular formula is C16H25N3O3S. The zero-order valence-electron chi connectivity index (χ0n) is 13.8. The summed E-state index contributed by atoms with van der Waals surface area (Å²) in [6, 6.07) is 6.60. The van der Waals surface area contributed by atoms with E-state index in [4.69, 9.17) is 0 Å². The van der Waals surface area contributed by atoms with Crippen LogP contribution in [0.2, 0.25) is 0 Å². The second-order valence-corrected chi connectivity index (χ2v) is 7.92. The van der Waals surface area contributed by atoms with Gasteiger partial charge in [-0.15, -0.1) is 0 Å². The fourth-order valence-corrected chi connectivity index (χ4v) is 4.03. The number of amides is 1. The number of anilines is 1. The summed E-state index contributed by atoms with van der Waals surface area (Å²) in [5.74, 6) is -0.0359. The monoisotopic (exact) mass is 339 g/mol. The molecule has 6 nitrogen and oxygen atoms in total. The largest absolute Gasteiger partial charge is 0.376 e. The van der Waals surface area contributed by atoms with Crippen molar-refractivity contribution >= 4 is 21.6 Å². The first-order valence-corrected chi connectivity index (χ1v) is 9.39. The third-order valence-electron chi connectivity index (χ3n) is 4.00. The number of carbonyl (C=O) groups is 1. The van der Waals surface area contributed by atoms with Gasteiger partial charge in [0.05, 0.1) is 11.4 Å². The van der Waals surface area contributed by atoms with Gasteiger partial charge < -0.3 is 10.2 Å². The van der Waals surface area contributed by atoms with Crippen LogP contribution in [0.5, 0.6) is 0 Å². The van der Waals surface area contributed by atoms with Crippen molar-refractivity contribution < 1.29 is 13.2 Å². The number of hydrogen-bond donors (Lipinski definition) is 1. The molecule has 2 rings (SSSR count). The molecule has 1 heterocycles. The van der Waals surface area contributed by atoms with Crippen molar-refractivity contribution in [1.29, 1.82) is 0 Å². The van der Waals surface area contributed by atoms with E-state index in [1.54, 1.807) is 42.7 Å². The van der Waals surface area contributed by atoms with Crippen molar-refractivity contribution in [3.63, 3.8) is 0 Å². The normalized spacial score (nSPS) is 16.6. The topological polar surface area (TPSA) is 69.7 Å². The number of benzene rings is 1. The Labute approximate surface area is 138 Å². The molecule has 1 aromatic carbocycles. The SMILES string of the molecule is CN(C)C(=O)CNc1ccc(S(=O)(=O)N2CCCCCC2)cc1. The van der Waals surface area contributed by atoms with Crippen LogP contribution in [0.3, 0.4) is 0 Å². The van der Waals surface area contributed by atoms with Crippen LogP contribution in [0.4, 0.5) is 5.69 Å². The summed E-state index contributed by atoms with van der Waals surface area (Å²) in [6.07, 6.45) is 4.03. The van der Waals surface area contributed by atoms with Crippen molar-refractivity contribution in [2.75, 3.05) is 39.0 Å². The molecule has 0 atom stereocenters. The maximum absolute atomic E-state index is 12.7. The second kappa shape index (κ2) is 7.79. The van der Waals surface area contributed by atoms with Crippen molar-refractivity contribution in [3.05, 3.63) is 24.3 Å². The van der Waals surface area contributed by atoms with Crippen LogP contribution in [0.1, 0.15) is 25.7 Å². The van der Waals surface area contributed by atoms with Gasteiger partial charge in [0.15, 0.2) is 0 Å². The lowest BCUT2D eigenvalue weighted by Gasteiger charge is -2.20. The number of likely N-dealkylation sites (N-methyl/N-ethyl adjacent to an activating group) is 1. The van der Waals surface area contributed by atoms with Crippen LogP contribution in [0.15, 0.2) is 29.2 Å². The van der Waals surface area contributed by atoms with Crippen molar-refractivity contribution in [3.8, 4) is 0 Å². The molecule has 0 saturated carbocycles. The molecule has 1 aromatic rings. The molecular weight excluding hydrogens is 314 g/mol. The first-order valence-electron chi connectivity index (χ1n) is 7.95. The quantitative estimate of drug-likeness (QED) is 0.887. The number of sulfonamides is 1. The van der Waals surface area contributed by atoms with Crippen LogP contribution in [-0.4, -0.2) is 57.3 Å². The molecule has 0 spiro atoms. The van der Waals surface area contributed by atoms with Gasteiger partial charge in [-0.1, -0.05) is 12.8 Å². The average molecular weight is 339 g/mol. The van der Waals surface area contributed by atoms with Gasteiger partial charge >= 0.3 is 0 Å².